The van der Waals surface area contributed by atoms with Gasteiger partial charge in [0.2, 0.25) is 0 Å². The molecule has 134 valence electrons. The Bertz CT molecular complexity index is 744. The highest BCUT2D eigenvalue weighted by molar-refractivity contribution is 9.10. The molecule has 1 heterocycles. The summed E-state index contributed by atoms with van der Waals surface area (Å²) in [5.74, 6) is 0.332. The molecule has 1 saturated heterocycles. The van der Waals surface area contributed by atoms with Gasteiger partial charge in [-0.25, -0.2) is 0 Å². The van der Waals surface area contributed by atoms with Gasteiger partial charge in [0.25, 0.3) is 5.91 Å². The highest BCUT2D eigenvalue weighted by Crippen LogP contribution is 2.37. The molecule has 1 aromatic carbocycles. The Morgan fingerprint density at radius 2 is 2.00 bits per heavy atom. The Balaban J connectivity index is 1.94. The summed E-state index contributed by atoms with van der Waals surface area (Å²) >= 11 is 8.84. The Hall–Kier alpha value is -1.60. The van der Waals surface area contributed by atoms with Crippen LogP contribution < -0.4 is 4.74 Å². The Kier molecular flexibility index (Phi) is 5.34. The molecule has 0 aromatic heterocycles. The van der Waals surface area contributed by atoms with E-state index in [2.05, 4.69) is 15.9 Å². The van der Waals surface area contributed by atoms with E-state index < -0.39 is 0 Å². The van der Waals surface area contributed by atoms with Crippen molar-refractivity contribution in [3.63, 3.8) is 0 Å². The third-order valence-electron chi connectivity index (χ3n) is 4.81. The van der Waals surface area contributed by atoms with Crippen LogP contribution in [0.4, 0.5) is 0 Å². The maximum Gasteiger partial charge on any atom is 0.277 e. The van der Waals surface area contributed by atoms with Crippen molar-refractivity contribution in [2.24, 2.45) is 0 Å². The van der Waals surface area contributed by atoms with Crippen LogP contribution in [0.2, 0.25) is 0 Å². The van der Waals surface area contributed by atoms with Gasteiger partial charge in [0.05, 0.1) is 11.6 Å². The molecule has 7 heteroatoms. The average Bonchev–Trinajstić information content (AvgIpc) is 2.82. The van der Waals surface area contributed by atoms with Crippen LogP contribution in [0.3, 0.4) is 0 Å². The number of likely N-dealkylation sites (N-methyl/N-ethyl adjacent to an activating group) is 1. The van der Waals surface area contributed by atoms with E-state index in [4.69, 9.17) is 17.0 Å². The van der Waals surface area contributed by atoms with E-state index >= 15 is 0 Å². The van der Waals surface area contributed by atoms with Crippen LogP contribution in [0.5, 0.6) is 11.5 Å². The number of phenolic OH excluding ortho intramolecular Hbond substituents is 1. The van der Waals surface area contributed by atoms with Crippen molar-refractivity contribution >= 4 is 45.2 Å². The number of benzene rings is 1. The first kappa shape index (κ1) is 18.2. The van der Waals surface area contributed by atoms with Gasteiger partial charge in [0.15, 0.2) is 16.6 Å². The van der Waals surface area contributed by atoms with Crippen molar-refractivity contribution in [3.8, 4) is 11.5 Å². The Labute approximate surface area is 161 Å². The van der Waals surface area contributed by atoms with Gasteiger partial charge >= 0.3 is 0 Å². The molecule has 0 atom stereocenters. The van der Waals surface area contributed by atoms with Crippen LogP contribution in [0.15, 0.2) is 22.3 Å². The highest BCUT2D eigenvalue weighted by atomic mass is 79.9. The smallest absolute Gasteiger partial charge is 0.277 e. The minimum atomic E-state index is -0.0532. The van der Waals surface area contributed by atoms with E-state index in [-0.39, 0.29) is 17.7 Å². The van der Waals surface area contributed by atoms with E-state index in [1.54, 1.807) is 28.0 Å². The summed E-state index contributed by atoms with van der Waals surface area (Å²) in [4.78, 5) is 16.5. The van der Waals surface area contributed by atoms with Crippen LogP contribution in [-0.2, 0) is 4.79 Å². The lowest BCUT2D eigenvalue weighted by molar-refractivity contribution is -0.124. The molecule has 1 amide bonds. The van der Waals surface area contributed by atoms with E-state index in [9.17, 15) is 9.90 Å². The normalized spacial score (nSPS) is 20.7. The van der Waals surface area contributed by atoms with Crippen molar-refractivity contribution in [1.82, 2.24) is 9.80 Å². The van der Waals surface area contributed by atoms with Crippen LogP contribution in [-0.4, -0.2) is 46.1 Å². The van der Waals surface area contributed by atoms with Gasteiger partial charge < -0.3 is 14.7 Å². The molecule has 1 aliphatic heterocycles. The quantitative estimate of drug-likeness (QED) is 0.588. The van der Waals surface area contributed by atoms with Crippen molar-refractivity contribution in [2.45, 2.75) is 38.1 Å². The van der Waals surface area contributed by atoms with Crippen molar-refractivity contribution in [1.29, 1.82) is 0 Å². The monoisotopic (exact) mass is 424 g/mol. The fraction of sp³-hybridized carbons (Fsp3) is 0.444. The molecule has 3 rings (SSSR count). The van der Waals surface area contributed by atoms with Gasteiger partial charge in [-0.05, 0) is 64.8 Å². The number of rotatable bonds is 3. The van der Waals surface area contributed by atoms with Gasteiger partial charge in [-0.3, -0.25) is 9.69 Å². The number of amides is 1. The molecule has 1 N–H and O–H groups in total. The summed E-state index contributed by atoms with van der Waals surface area (Å²) in [6, 6.07) is 3.64. The maximum atomic E-state index is 13.0. The molecule has 5 nitrogen and oxygen atoms in total. The molecule has 1 aliphatic carbocycles. The third-order valence-corrected chi connectivity index (χ3v) is 5.88. The Morgan fingerprint density at radius 1 is 1.32 bits per heavy atom. The zero-order valence-electron chi connectivity index (χ0n) is 14.3. The van der Waals surface area contributed by atoms with E-state index in [1.807, 2.05) is 7.05 Å². The number of thiocarbonyl (C=S) groups is 1. The predicted octanol–water partition coefficient (Wildman–Crippen LogP) is 3.90. The summed E-state index contributed by atoms with van der Waals surface area (Å²) in [7, 11) is 3.31. The first-order chi connectivity index (χ1) is 11.9. The maximum absolute atomic E-state index is 13.0. The van der Waals surface area contributed by atoms with Crippen molar-refractivity contribution in [3.05, 3.63) is 27.9 Å². The lowest BCUT2D eigenvalue weighted by atomic mass is 9.94. The van der Waals surface area contributed by atoms with E-state index in [0.717, 1.165) is 31.2 Å². The molecule has 0 radical (unpaired) electrons. The molecule has 0 spiro atoms. The van der Waals surface area contributed by atoms with E-state index in [0.29, 0.717) is 21.0 Å². The molecular formula is C18H21BrN2O3S. The molecule has 25 heavy (non-hydrogen) atoms. The minimum absolute atomic E-state index is 0.0371. The molecular weight excluding hydrogens is 404 g/mol. The fourth-order valence-electron chi connectivity index (χ4n) is 3.43. The number of ether oxygens (including phenoxy) is 1. The van der Waals surface area contributed by atoms with E-state index in [1.165, 1.54) is 13.5 Å². The average molecular weight is 425 g/mol. The topological polar surface area (TPSA) is 53.0 Å². The third kappa shape index (κ3) is 3.40. The number of halogens is 1. The molecule has 0 unspecified atom stereocenters. The number of nitrogens with zero attached hydrogens (tertiary/aromatic N) is 2. The number of carbonyl (C=O) groups excluding carboxylic acids is 1. The van der Waals surface area contributed by atoms with Gasteiger partial charge in [0, 0.05) is 13.1 Å². The molecule has 2 aliphatic rings. The fourth-order valence-corrected chi connectivity index (χ4v) is 4.22. The molecule has 0 bridgehead atoms. The number of aromatic hydroxyl groups is 1. The molecule has 1 aromatic rings. The number of carbonyl (C=O) groups is 1. The van der Waals surface area contributed by atoms with Crippen LogP contribution in [0.1, 0.15) is 37.7 Å². The lowest BCUT2D eigenvalue weighted by Gasteiger charge is -2.30. The molecule has 2 fully saturated rings. The van der Waals surface area contributed by atoms with Crippen molar-refractivity contribution in [2.75, 3.05) is 14.2 Å². The van der Waals surface area contributed by atoms with Gasteiger partial charge in [-0.1, -0.05) is 19.3 Å². The summed E-state index contributed by atoms with van der Waals surface area (Å²) < 4.78 is 5.69. The first-order valence-electron chi connectivity index (χ1n) is 8.33. The standard InChI is InChI=1S/C18H21BrN2O3S/c1-20-14(9-11-8-13(19)16(22)15(10-11)24-2)17(23)21(18(20)25)12-6-4-3-5-7-12/h8-10,12,22H,3-7H2,1-2H3. The number of hydrogen-bond donors (Lipinski definition) is 1. The van der Waals surface area contributed by atoms with Gasteiger partial charge in [-0.15, -0.1) is 0 Å². The van der Waals surface area contributed by atoms with Crippen molar-refractivity contribution < 1.29 is 14.6 Å². The van der Waals surface area contributed by atoms with Crippen LogP contribution in [0.25, 0.3) is 6.08 Å². The number of hydrogen-bond acceptors (Lipinski definition) is 4. The minimum Gasteiger partial charge on any atom is -0.503 e. The summed E-state index contributed by atoms with van der Waals surface area (Å²) in [5, 5.41) is 10.5. The SMILES string of the molecule is COc1cc(C=C2C(=O)N(C3CCCCC3)C(=S)N2C)cc(Br)c1O. The second-order valence-corrected chi connectivity index (χ2v) is 7.61. The number of phenols is 1. The van der Waals surface area contributed by atoms with Crippen LogP contribution in [0, 0.1) is 0 Å². The highest BCUT2D eigenvalue weighted by Gasteiger charge is 2.40. The van der Waals surface area contributed by atoms with Gasteiger partial charge in [0.1, 0.15) is 5.70 Å². The second kappa shape index (κ2) is 7.33. The zero-order chi connectivity index (χ0) is 18.1. The second-order valence-electron chi connectivity index (χ2n) is 6.39. The molecule has 1 saturated carbocycles. The van der Waals surface area contributed by atoms with Gasteiger partial charge in [-0.2, -0.15) is 0 Å². The lowest BCUT2D eigenvalue weighted by Crippen LogP contribution is -2.41. The first-order valence-corrected chi connectivity index (χ1v) is 9.53. The Morgan fingerprint density at radius 3 is 2.64 bits per heavy atom. The predicted molar refractivity (Wildman–Crippen MR) is 104 cm³/mol. The summed E-state index contributed by atoms with van der Waals surface area (Å²) in [6.07, 6.45) is 7.30. The summed E-state index contributed by atoms with van der Waals surface area (Å²) in [5.41, 5.74) is 1.29. The van der Waals surface area contributed by atoms with Crippen LogP contribution >= 0.6 is 28.1 Å². The number of methoxy groups -OCH3 is 1. The zero-order valence-corrected chi connectivity index (χ0v) is 16.7. The summed E-state index contributed by atoms with van der Waals surface area (Å²) in [6.45, 7) is 0. The largest absolute Gasteiger partial charge is 0.503 e.